The Morgan fingerprint density at radius 3 is 1.98 bits per heavy atom. The number of carbonyl (C=O) groups excluding carboxylic acids is 2. The van der Waals surface area contributed by atoms with Gasteiger partial charge < -0.3 is 34.2 Å². The number of benzene rings is 2. The molecular formula is C34H50F2N2O7. The Balaban J connectivity index is 0.000000300. The van der Waals surface area contributed by atoms with Crippen LogP contribution in [0.25, 0.3) is 0 Å². The Morgan fingerprint density at radius 2 is 1.47 bits per heavy atom. The second-order valence-corrected chi connectivity index (χ2v) is 13.1. The van der Waals surface area contributed by atoms with E-state index in [1.807, 2.05) is 20.8 Å². The smallest absolute Gasteiger partial charge is 0.410 e. The number of likely N-dealkylation sites (tertiary alicyclic amines) is 2. The van der Waals surface area contributed by atoms with Gasteiger partial charge in [0, 0.05) is 13.1 Å². The van der Waals surface area contributed by atoms with Crippen LogP contribution >= 0.6 is 0 Å². The van der Waals surface area contributed by atoms with Gasteiger partial charge in [-0.1, -0.05) is 27.0 Å². The average Bonchev–Trinajstić information content (AvgIpc) is 3.22. The van der Waals surface area contributed by atoms with Gasteiger partial charge in [-0.2, -0.15) is 0 Å². The summed E-state index contributed by atoms with van der Waals surface area (Å²) in [4.78, 5) is 27.4. The third-order valence-corrected chi connectivity index (χ3v) is 7.53. The molecule has 2 N–H and O–H groups in total. The molecule has 2 aromatic rings. The number of carbonyl (C=O) groups is 2. The molecule has 0 aliphatic carbocycles. The molecule has 2 saturated heterocycles. The van der Waals surface area contributed by atoms with E-state index in [0.29, 0.717) is 37.2 Å². The third-order valence-electron chi connectivity index (χ3n) is 7.53. The van der Waals surface area contributed by atoms with Crippen molar-refractivity contribution in [2.75, 3.05) is 13.1 Å². The molecule has 2 unspecified atom stereocenters. The lowest BCUT2D eigenvalue weighted by atomic mass is 9.90. The number of halogens is 2. The molecule has 2 fully saturated rings. The highest BCUT2D eigenvalue weighted by Crippen LogP contribution is 2.40. The summed E-state index contributed by atoms with van der Waals surface area (Å²) >= 11 is 0. The number of aliphatic hydroxyl groups is 2. The molecule has 2 aromatic carbocycles. The monoisotopic (exact) mass is 636 g/mol. The molecule has 2 amide bonds. The van der Waals surface area contributed by atoms with Crippen LogP contribution in [0.3, 0.4) is 0 Å². The summed E-state index contributed by atoms with van der Waals surface area (Å²) in [6.07, 6.45) is -0.442. The summed E-state index contributed by atoms with van der Waals surface area (Å²) < 4.78 is 42.9. The van der Waals surface area contributed by atoms with Gasteiger partial charge in [0.2, 0.25) is 0 Å². The first-order valence-corrected chi connectivity index (χ1v) is 14.5. The van der Waals surface area contributed by atoms with Crippen LogP contribution in [0.1, 0.15) is 104 Å². The zero-order valence-electron chi connectivity index (χ0n) is 25.6. The molecule has 4 atom stereocenters. The Bertz CT molecular complexity index is 1320. The Labute approximate surface area is 266 Å². The average molecular weight is 637 g/mol. The number of aliphatic hydroxyl groups excluding tert-OH is 2. The fourth-order valence-corrected chi connectivity index (χ4v) is 5.32. The number of rotatable bonds is 4. The molecule has 3 aliphatic rings. The summed E-state index contributed by atoms with van der Waals surface area (Å²) in [6, 6.07) is 8.12. The highest BCUT2D eigenvalue weighted by molar-refractivity contribution is 5.70. The van der Waals surface area contributed by atoms with E-state index in [4.69, 9.17) is 14.2 Å². The summed E-state index contributed by atoms with van der Waals surface area (Å²) in [7, 11) is 0. The van der Waals surface area contributed by atoms with Crippen LogP contribution in [0.4, 0.5) is 18.4 Å². The van der Waals surface area contributed by atoms with E-state index in [-0.39, 0.29) is 45.5 Å². The lowest BCUT2D eigenvalue weighted by molar-refractivity contribution is -0.0613. The maximum atomic E-state index is 13.2. The fourth-order valence-electron chi connectivity index (χ4n) is 5.32. The van der Waals surface area contributed by atoms with Crippen molar-refractivity contribution in [1.82, 2.24) is 9.80 Å². The van der Waals surface area contributed by atoms with E-state index in [1.54, 1.807) is 31.7 Å². The fraction of sp³-hybridized carbons (Fsp3) is 0.588. The number of fused-ring (bicyclic) bond motifs is 1. The molecule has 0 bridgehead atoms. The van der Waals surface area contributed by atoms with Crippen LogP contribution in [0.15, 0.2) is 36.4 Å². The van der Waals surface area contributed by atoms with Crippen molar-refractivity contribution >= 4 is 12.2 Å². The summed E-state index contributed by atoms with van der Waals surface area (Å²) in [5.41, 5.74) is 1.50. The van der Waals surface area contributed by atoms with E-state index < -0.39 is 35.3 Å². The highest BCUT2D eigenvalue weighted by atomic mass is 19.1. The molecule has 11 heteroatoms. The predicted molar refractivity (Wildman–Crippen MR) is 167 cm³/mol. The second-order valence-electron chi connectivity index (χ2n) is 13.1. The topological polar surface area (TPSA) is 109 Å². The molecule has 0 saturated carbocycles. The van der Waals surface area contributed by atoms with Crippen molar-refractivity contribution < 1.29 is 42.8 Å². The van der Waals surface area contributed by atoms with E-state index in [1.165, 1.54) is 35.2 Å². The maximum Gasteiger partial charge on any atom is 0.410 e. The van der Waals surface area contributed by atoms with Gasteiger partial charge in [-0.25, -0.2) is 18.4 Å². The molecule has 45 heavy (non-hydrogen) atoms. The van der Waals surface area contributed by atoms with Crippen molar-refractivity contribution in [2.45, 2.75) is 118 Å². The molecule has 3 aliphatic heterocycles. The van der Waals surface area contributed by atoms with Gasteiger partial charge >= 0.3 is 12.2 Å². The lowest BCUT2D eigenvalue weighted by Crippen LogP contribution is -2.55. The Hall–Kier alpha value is -3.28. The minimum Gasteiger partial charge on any atom is -0.444 e. The largest absolute Gasteiger partial charge is 0.444 e. The number of hydrogen-bond donors (Lipinski definition) is 2. The van der Waals surface area contributed by atoms with E-state index in [0.717, 1.165) is 17.5 Å². The third kappa shape index (κ3) is 9.14. The molecular weight excluding hydrogens is 586 g/mol. The number of hydrogen-bond acceptors (Lipinski definition) is 7. The lowest BCUT2D eigenvalue weighted by Gasteiger charge is -2.44. The number of amides is 2. The zero-order valence-corrected chi connectivity index (χ0v) is 25.6. The molecule has 252 valence electrons. The predicted octanol–water partition coefficient (Wildman–Crippen LogP) is 7.04. The first-order valence-electron chi connectivity index (χ1n) is 14.5. The number of nitrogens with zero attached hydrogens (tertiary/aromatic N) is 2. The van der Waals surface area contributed by atoms with Crippen LogP contribution in [0, 0.1) is 11.6 Å². The Kier molecular flexibility index (Phi) is 12.5. The first kappa shape index (κ1) is 37.9. The summed E-state index contributed by atoms with van der Waals surface area (Å²) in [5, 5.41) is 19.8. The number of ether oxygens (including phenoxy) is 3. The van der Waals surface area contributed by atoms with Crippen molar-refractivity contribution in [1.29, 1.82) is 0 Å². The summed E-state index contributed by atoms with van der Waals surface area (Å²) in [6.45, 7) is 12.1. The van der Waals surface area contributed by atoms with Gasteiger partial charge in [0.25, 0.3) is 0 Å². The SMILES string of the molecule is C.C.CC(C)(C)OC(=O)N1CC[C@H]1C(O)c1ccc(F)cc1CO.CC(C)(C)OC(=O)N1CC[C@H]1C1OCc2cc(F)ccc21. The van der Waals surface area contributed by atoms with Crippen molar-refractivity contribution in [3.8, 4) is 0 Å². The van der Waals surface area contributed by atoms with Crippen LogP contribution < -0.4 is 0 Å². The van der Waals surface area contributed by atoms with E-state index in [2.05, 4.69) is 0 Å². The van der Waals surface area contributed by atoms with Gasteiger partial charge in [0.1, 0.15) is 28.9 Å². The minimum absolute atomic E-state index is 0. The molecule has 0 spiro atoms. The molecule has 0 aromatic heterocycles. The van der Waals surface area contributed by atoms with Crippen molar-refractivity contribution in [3.05, 3.63) is 70.3 Å². The maximum absolute atomic E-state index is 13.2. The van der Waals surface area contributed by atoms with E-state index >= 15 is 0 Å². The quantitative estimate of drug-likeness (QED) is 0.371. The normalized spacial score (nSPS) is 21.0. The first-order chi connectivity index (χ1) is 20.1. The molecule has 9 nitrogen and oxygen atoms in total. The molecule has 5 rings (SSSR count). The van der Waals surface area contributed by atoms with Crippen molar-refractivity contribution in [2.24, 2.45) is 0 Å². The van der Waals surface area contributed by atoms with Gasteiger partial charge in [0.05, 0.1) is 31.4 Å². The van der Waals surface area contributed by atoms with Gasteiger partial charge in [-0.15, -0.1) is 0 Å². The van der Waals surface area contributed by atoms with Crippen molar-refractivity contribution in [3.63, 3.8) is 0 Å². The Morgan fingerprint density at radius 1 is 0.911 bits per heavy atom. The van der Waals surface area contributed by atoms with Gasteiger partial charge in [-0.05, 0) is 101 Å². The molecule has 0 radical (unpaired) electrons. The van der Waals surface area contributed by atoms with Crippen LogP contribution in [-0.2, 0) is 27.4 Å². The minimum atomic E-state index is -0.982. The van der Waals surface area contributed by atoms with E-state index in [9.17, 15) is 28.6 Å². The highest BCUT2D eigenvalue weighted by Gasteiger charge is 2.44. The van der Waals surface area contributed by atoms with Crippen LogP contribution in [0.2, 0.25) is 0 Å². The second kappa shape index (κ2) is 14.9. The van der Waals surface area contributed by atoms with Gasteiger partial charge in [0.15, 0.2) is 0 Å². The van der Waals surface area contributed by atoms with Gasteiger partial charge in [-0.3, -0.25) is 0 Å². The van der Waals surface area contributed by atoms with Crippen LogP contribution in [0.5, 0.6) is 0 Å². The van der Waals surface area contributed by atoms with Crippen LogP contribution in [-0.4, -0.2) is 68.6 Å². The molecule has 3 heterocycles. The standard InChI is InChI=1S/C16H22FNO4.C16H20FNO3.2CH4/c1-16(2,3)22-15(21)18-7-6-13(18)14(20)12-5-4-11(17)8-10(12)9-19;1-16(2,3)21-15(19)18-7-6-13(18)14-12-5-4-11(17)8-10(12)9-20-14;;/h4-5,8,13-14,19-20H,6-7,9H2,1-3H3;4-5,8,13-14H,6-7,9H2,1-3H3;2*1H4/t2*13-,14?;;/m00../s1. The summed E-state index contributed by atoms with van der Waals surface area (Å²) in [5.74, 6) is -0.729. The zero-order chi connectivity index (χ0) is 31.7.